The Morgan fingerprint density at radius 1 is 1.00 bits per heavy atom. The van der Waals surface area contributed by atoms with Gasteiger partial charge in [-0.25, -0.2) is 14.8 Å². The maximum Gasteiger partial charge on any atom is 0.417 e. The molecule has 0 unspecified atom stereocenters. The number of amides is 2. The SMILES string of the molecule is COCCCOc1cc2ncnc(Oc3ccc(NC(=O)Nc4ccc(Cl)c(C(F)(F)F)c4)cc3)c2cc1N. The summed E-state index contributed by atoms with van der Waals surface area (Å²) in [5.41, 5.74) is 6.37. The van der Waals surface area contributed by atoms with Gasteiger partial charge in [0.1, 0.15) is 17.8 Å². The fraction of sp³-hybridized carbons (Fsp3) is 0.192. The quantitative estimate of drug-likeness (QED) is 0.153. The van der Waals surface area contributed by atoms with E-state index >= 15 is 0 Å². The van der Waals surface area contributed by atoms with E-state index in [4.69, 9.17) is 31.5 Å². The Hall–Kier alpha value is -4.29. The van der Waals surface area contributed by atoms with Crippen LogP contribution in [0.25, 0.3) is 10.9 Å². The number of nitrogens with two attached hydrogens (primary N) is 1. The number of fused-ring (bicyclic) bond motifs is 1. The Morgan fingerprint density at radius 3 is 2.44 bits per heavy atom. The molecule has 0 aliphatic carbocycles. The first kappa shape index (κ1) is 27.7. The molecule has 1 aromatic heterocycles. The van der Waals surface area contributed by atoms with Gasteiger partial charge < -0.3 is 30.6 Å². The van der Waals surface area contributed by atoms with Crippen LogP contribution >= 0.6 is 11.6 Å². The molecule has 204 valence electrons. The summed E-state index contributed by atoms with van der Waals surface area (Å²) < 4.78 is 55.8. The van der Waals surface area contributed by atoms with Crippen molar-refractivity contribution in [1.29, 1.82) is 0 Å². The first-order chi connectivity index (χ1) is 18.6. The third-order valence-electron chi connectivity index (χ3n) is 5.34. The zero-order valence-electron chi connectivity index (χ0n) is 20.5. The number of halogens is 4. The number of methoxy groups -OCH3 is 1. The smallest absolute Gasteiger partial charge is 0.417 e. The lowest BCUT2D eigenvalue weighted by molar-refractivity contribution is -0.137. The maximum absolute atomic E-state index is 13.1. The molecule has 39 heavy (non-hydrogen) atoms. The number of hydrogen-bond donors (Lipinski definition) is 3. The van der Waals surface area contributed by atoms with Gasteiger partial charge >= 0.3 is 12.2 Å². The molecule has 4 aromatic rings. The molecule has 0 radical (unpaired) electrons. The maximum atomic E-state index is 13.1. The number of alkyl halides is 3. The van der Waals surface area contributed by atoms with Crippen LogP contribution in [0.4, 0.5) is 35.0 Å². The Balaban J connectivity index is 1.41. The fourth-order valence-corrected chi connectivity index (χ4v) is 3.73. The number of rotatable bonds is 9. The van der Waals surface area contributed by atoms with Crippen LogP contribution < -0.4 is 25.8 Å². The highest BCUT2D eigenvalue weighted by Crippen LogP contribution is 2.36. The second kappa shape index (κ2) is 12.0. The molecular weight excluding hydrogens is 539 g/mol. The predicted octanol–water partition coefficient (Wildman–Crippen LogP) is 6.74. The van der Waals surface area contributed by atoms with Crippen LogP contribution in [0.2, 0.25) is 5.02 Å². The molecule has 4 rings (SSSR count). The first-order valence-corrected chi connectivity index (χ1v) is 11.9. The molecule has 0 saturated carbocycles. The van der Waals surface area contributed by atoms with Crippen molar-refractivity contribution in [3.8, 4) is 17.4 Å². The van der Waals surface area contributed by atoms with E-state index in [0.717, 1.165) is 12.1 Å². The molecule has 0 fully saturated rings. The van der Waals surface area contributed by atoms with Crippen molar-refractivity contribution < 1.29 is 32.2 Å². The van der Waals surface area contributed by atoms with Gasteiger partial charge in [0.05, 0.1) is 33.8 Å². The van der Waals surface area contributed by atoms with E-state index in [1.807, 2.05) is 0 Å². The van der Waals surface area contributed by atoms with E-state index in [2.05, 4.69) is 20.6 Å². The lowest BCUT2D eigenvalue weighted by atomic mass is 10.2. The van der Waals surface area contributed by atoms with E-state index < -0.39 is 22.8 Å². The molecule has 3 aromatic carbocycles. The Kier molecular flexibility index (Phi) is 8.57. The largest absolute Gasteiger partial charge is 0.491 e. The zero-order chi connectivity index (χ0) is 28.0. The molecule has 0 aliphatic heterocycles. The van der Waals surface area contributed by atoms with Crippen LogP contribution in [0.15, 0.2) is 60.9 Å². The van der Waals surface area contributed by atoms with Gasteiger partial charge in [-0.05, 0) is 48.5 Å². The van der Waals surface area contributed by atoms with Crippen LogP contribution in [0.5, 0.6) is 17.4 Å². The van der Waals surface area contributed by atoms with Gasteiger partial charge in [-0.15, -0.1) is 0 Å². The van der Waals surface area contributed by atoms with Crippen molar-refractivity contribution in [2.75, 3.05) is 36.7 Å². The van der Waals surface area contributed by atoms with E-state index in [0.29, 0.717) is 53.4 Å². The average Bonchev–Trinajstić information content (AvgIpc) is 2.89. The second-order valence-corrected chi connectivity index (χ2v) is 8.59. The Bertz CT molecular complexity index is 1470. The van der Waals surface area contributed by atoms with E-state index in [9.17, 15) is 18.0 Å². The molecule has 0 spiro atoms. The highest BCUT2D eigenvalue weighted by atomic mass is 35.5. The summed E-state index contributed by atoms with van der Waals surface area (Å²) in [5.74, 6) is 1.16. The van der Waals surface area contributed by atoms with Gasteiger partial charge in [-0.1, -0.05) is 11.6 Å². The normalized spacial score (nSPS) is 11.3. The summed E-state index contributed by atoms with van der Waals surface area (Å²) in [6.07, 6.45) is -2.59. The zero-order valence-corrected chi connectivity index (χ0v) is 21.3. The van der Waals surface area contributed by atoms with Gasteiger partial charge in [0.2, 0.25) is 5.88 Å². The average molecular weight is 562 g/mol. The van der Waals surface area contributed by atoms with Crippen LogP contribution in [0.1, 0.15) is 12.0 Å². The third kappa shape index (κ3) is 7.18. The Morgan fingerprint density at radius 2 is 1.72 bits per heavy atom. The summed E-state index contributed by atoms with van der Waals surface area (Å²) in [6, 6.07) is 12.0. The number of nitrogen functional groups attached to an aromatic ring is 1. The van der Waals surface area contributed by atoms with Crippen LogP contribution in [-0.4, -0.2) is 36.3 Å². The van der Waals surface area contributed by atoms with Gasteiger partial charge in [0.25, 0.3) is 0 Å². The fourth-order valence-electron chi connectivity index (χ4n) is 3.50. The summed E-state index contributed by atoms with van der Waals surface area (Å²) in [5, 5.41) is 4.99. The minimum absolute atomic E-state index is 0.0670. The molecular formula is C26H23ClF3N5O4. The highest BCUT2D eigenvalue weighted by Gasteiger charge is 2.33. The monoisotopic (exact) mass is 561 g/mol. The van der Waals surface area contributed by atoms with E-state index in [1.54, 1.807) is 43.5 Å². The first-order valence-electron chi connectivity index (χ1n) is 11.5. The molecule has 1 heterocycles. The van der Waals surface area contributed by atoms with Crippen molar-refractivity contribution in [3.05, 3.63) is 71.5 Å². The van der Waals surface area contributed by atoms with Gasteiger partial charge in [0.15, 0.2) is 0 Å². The molecule has 0 bridgehead atoms. The van der Waals surface area contributed by atoms with Crippen molar-refractivity contribution in [2.24, 2.45) is 0 Å². The number of carbonyl (C=O) groups excluding carboxylic acids is 1. The summed E-state index contributed by atoms with van der Waals surface area (Å²) in [6.45, 7) is 1.00. The second-order valence-electron chi connectivity index (χ2n) is 8.18. The number of nitrogens with zero attached hydrogens (tertiary/aromatic N) is 2. The van der Waals surface area contributed by atoms with Crippen molar-refractivity contribution >= 4 is 45.6 Å². The lowest BCUT2D eigenvalue weighted by Crippen LogP contribution is -2.19. The molecule has 2 amide bonds. The molecule has 0 aliphatic rings. The number of hydrogen-bond acceptors (Lipinski definition) is 7. The summed E-state index contributed by atoms with van der Waals surface area (Å²) in [4.78, 5) is 20.7. The predicted molar refractivity (Wildman–Crippen MR) is 142 cm³/mol. The molecule has 4 N–H and O–H groups in total. The molecule has 0 atom stereocenters. The van der Waals surface area contributed by atoms with Crippen molar-refractivity contribution in [3.63, 3.8) is 0 Å². The molecule has 13 heteroatoms. The molecule has 9 nitrogen and oxygen atoms in total. The standard InChI is InChI=1S/C26H23ClF3N5O4/c1-37-9-2-10-38-23-13-22-18(12-21(23)31)24(33-14-32-22)39-17-6-3-15(4-7-17)34-25(36)35-16-5-8-20(27)19(11-16)26(28,29)30/h3-8,11-14H,2,9-10,31H2,1H3,(H2,34,35,36). The van der Waals surface area contributed by atoms with Gasteiger partial charge in [0, 0.05) is 37.6 Å². The third-order valence-corrected chi connectivity index (χ3v) is 5.67. The van der Waals surface area contributed by atoms with E-state index in [1.165, 1.54) is 12.4 Å². The van der Waals surface area contributed by atoms with Crippen molar-refractivity contribution in [2.45, 2.75) is 12.6 Å². The number of benzene rings is 3. The number of nitrogens with one attached hydrogen (secondary N) is 2. The lowest BCUT2D eigenvalue weighted by Gasteiger charge is -2.13. The number of urea groups is 1. The Labute approximate surface area is 226 Å². The number of ether oxygens (including phenoxy) is 3. The minimum Gasteiger partial charge on any atom is -0.491 e. The van der Waals surface area contributed by atoms with Crippen LogP contribution in [-0.2, 0) is 10.9 Å². The van der Waals surface area contributed by atoms with Gasteiger partial charge in [-0.3, -0.25) is 0 Å². The number of anilines is 3. The summed E-state index contributed by atoms with van der Waals surface area (Å²) in [7, 11) is 1.62. The van der Waals surface area contributed by atoms with E-state index in [-0.39, 0.29) is 11.6 Å². The highest BCUT2D eigenvalue weighted by molar-refractivity contribution is 6.31. The minimum atomic E-state index is -4.65. The van der Waals surface area contributed by atoms with Gasteiger partial charge in [-0.2, -0.15) is 13.2 Å². The summed E-state index contributed by atoms with van der Waals surface area (Å²) >= 11 is 5.61. The molecule has 0 saturated heterocycles. The van der Waals surface area contributed by atoms with Crippen LogP contribution in [0.3, 0.4) is 0 Å². The number of aromatic nitrogens is 2. The van der Waals surface area contributed by atoms with Crippen molar-refractivity contribution in [1.82, 2.24) is 9.97 Å². The number of carbonyl (C=O) groups is 1. The van der Waals surface area contributed by atoms with Crippen LogP contribution in [0, 0.1) is 0 Å². The topological polar surface area (TPSA) is 121 Å².